The van der Waals surface area contributed by atoms with Gasteiger partial charge in [0.15, 0.2) is 5.15 Å². The third-order valence-electron chi connectivity index (χ3n) is 5.74. The van der Waals surface area contributed by atoms with Crippen molar-refractivity contribution in [3.05, 3.63) is 29.3 Å². The first-order valence-corrected chi connectivity index (χ1v) is 12.9. The van der Waals surface area contributed by atoms with Crippen LogP contribution in [0.4, 0.5) is 29.3 Å². The van der Waals surface area contributed by atoms with Crippen LogP contribution in [0.1, 0.15) is 39.3 Å². The number of anilines is 2. The molecule has 1 unspecified atom stereocenters. The van der Waals surface area contributed by atoms with Crippen molar-refractivity contribution < 1.29 is 41.0 Å². The summed E-state index contributed by atoms with van der Waals surface area (Å²) in [5, 5.41) is 14.9. The topological polar surface area (TPSA) is 144 Å². The number of carbonyl (C=O) groups excluding carboxylic acids is 1. The number of aromatic nitrogens is 3. The number of halogens is 4. The molecule has 16 heteroatoms. The number of nitrogens with one attached hydrogen (secondary N) is 1. The number of carbonyl (C=O) groups is 2. The van der Waals surface area contributed by atoms with Gasteiger partial charge in [-0.05, 0) is 45.6 Å². The fraction of sp³-hybridized carbons (Fsp3) is 0.524. The number of pyridine rings is 1. The Hall–Kier alpha value is -3.07. The van der Waals surface area contributed by atoms with E-state index in [1.165, 1.54) is 16.9 Å². The van der Waals surface area contributed by atoms with Crippen molar-refractivity contribution in [1.82, 2.24) is 14.8 Å². The van der Waals surface area contributed by atoms with Crippen LogP contribution in [0.25, 0.3) is 0 Å². The summed E-state index contributed by atoms with van der Waals surface area (Å²) < 4.78 is 73.3. The van der Waals surface area contributed by atoms with E-state index in [0.717, 1.165) is 10.5 Å². The minimum absolute atomic E-state index is 0.0553. The summed E-state index contributed by atoms with van der Waals surface area (Å²) in [4.78, 5) is 27.1. The van der Waals surface area contributed by atoms with Gasteiger partial charge in [-0.15, -0.1) is 0 Å². The maximum atomic E-state index is 13.6. The van der Waals surface area contributed by atoms with Gasteiger partial charge in [-0.3, -0.25) is 24.1 Å². The predicted octanol–water partition coefficient (Wildman–Crippen LogP) is 4.07. The van der Waals surface area contributed by atoms with E-state index in [2.05, 4.69) is 20.1 Å². The largest absolute Gasteiger partial charge is 0.481 e. The van der Waals surface area contributed by atoms with Gasteiger partial charge in [0.25, 0.3) is 10.0 Å². The zero-order valence-electron chi connectivity index (χ0n) is 20.0. The molecule has 0 saturated heterocycles. The Morgan fingerprint density at radius 1 is 1.32 bits per heavy atom. The number of alkyl halides is 3. The molecule has 0 spiro atoms. The zero-order chi connectivity index (χ0) is 27.8. The first-order valence-electron chi connectivity index (χ1n) is 11.1. The second-order valence-electron chi connectivity index (χ2n) is 8.89. The summed E-state index contributed by atoms with van der Waals surface area (Å²) in [7, 11) is -4.32. The number of ether oxygens (including phenoxy) is 1. The number of nitrogens with zero attached hydrogens (tertiary/aromatic N) is 4. The summed E-state index contributed by atoms with van der Waals surface area (Å²) in [6, 6.07) is 1.24. The fourth-order valence-corrected chi connectivity index (χ4v) is 5.62. The van der Waals surface area contributed by atoms with Crippen molar-refractivity contribution in [2.75, 3.05) is 16.2 Å². The third kappa shape index (κ3) is 6.26. The minimum atomic E-state index is -4.82. The van der Waals surface area contributed by atoms with Gasteiger partial charge < -0.3 is 9.84 Å². The number of hydrogen-bond acceptors (Lipinski definition) is 7. The van der Waals surface area contributed by atoms with Crippen LogP contribution >= 0.6 is 11.6 Å². The van der Waals surface area contributed by atoms with E-state index in [-0.39, 0.29) is 47.2 Å². The number of fused-ring (bicyclic) bond motifs is 1. The van der Waals surface area contributed by atoms with Gasteiger partial charge in [-0.2, -0.15) is 18.3 Å². The number of carboxylic acid groups (broad SMARTS) is 1. The van der Waals surface area contributed by atoms with Crippen LogP contribution in [0.5, 0.6) is 0 Å². The summed E-state index contributed by atoms with van der Waals surface area (Å²) in [5.74, 6) is -1.44. The van der Waals surface area contributed by atoms with Gasteiger partial charge in [0.05, 0.1) is 23.3 Å². The average molecular weight is 568 g/mol. The molecule has 2 aromatic heterocycles. The Morgan fingerprint density at radius 2 is 2.00 bits per heavy atom. The van der Waals surface area contributed by atoms with Gasteiger partial charge in [0, 0.05) is 25.7 Å². The van der Waals surface area contributed by atoms with Crippen LogP contribution in [-0.2, 0) is 32.5 Å². The van der Waals surface area contributed by atoms with E-state index in [9.17, 15) is 31.2 Å². The zero-order valence-corrected chi connectivity index (χ0v) is 21.6. The maximum absolute atomic E-state index is 13.6. The molecule has 2 N–H and O–H groups in total. The molecule has 1 amide bonds. The van der Waals surface area contributed by atoms with Crippen molar-refractivity contribution in [3.8, 4) is 0 Å². The predicted molar refractivity (Wildman–Crippen MR) is 126 cm³/mol. The summed E-state index contributed by atoms with van der Waals surface area (Å²) in [6.07, 6.45) is -3.62. The lowest BCUT2D eigenvalue weighted by Crippen LogP contribution is -2.44. The molecule has 0 radical (unpaired) electrons. The van der Waals surface area contributed by atoms with Gasteiger partial charge in [0.1, 0.15) is 4.90 Å². The van der Waals surface area contributed by atoms with Crippen LogP contribution in [0.2, 0.25) is 5.15 Å². The van der Waals surface area contributed by atoms with Crippen molar-refractivity contribution >= 4 is 45.1 Å². The van der Waals surface area contributed by atoms with E-state index in [4.69, 9.17) is 16.7 Å². The first kappa shape index (κ1) is 28.5. The van der Waals surface area contributed by atoms with Gasteiger partial charge in [0.2, 0.25) is 5.60 Å². The summed E-state index contributed by atoms with van der Waals surface area (Å²) >= 11 is 6.10. The van der Waals surface area contributed by atoms with Crippen molar-refractivity contribution in [2.45, 2.75) is 63.3 Å². The van der Waals surface area contributed by atoms with Gasteiger partial charge >= 0.3 is 18.2 Å². The normalized spacial score (nSPS) is 16.3. The summed E-state index contributed by atoms with van der Waals surface area (Å²) in [6.45, 7) is 3.33. The van der Waals surface area contributed by atoms with E-state index in [1.54, 1.807) is 6.92 Å². The van der Waals surface area contributed by atoms with Crippen LogP contribution in [0.3, 0.4) is 0 Å². The fourth-order valence-electron chi connectivity index (χ4n) is 3.61. The minimum Gasteiger partial charge on any atom is -0.481 e. The number of sulfonamides is 1. The number of aliphatic carboxylic acids is 1. The summed E-state index contributed by atoms with van der Waals surface area (Å²) in [5.41, 5.74) is -2.54. The molecule has 0 aliphatic carbocycles. The second-order valence-corrected chi connectivity index (χ2v) is 11.1. The molecular weight excluding hydrogens is 543 g/mol. The molecule has 1 aliphatic rings. The van der Waals surface area contributed by atoms with E-state index in [1.807, 2.05) is 0 Å². The highest BCUT2D eigenvalue weighted by atomic mass is 35.5. The van der Waals surface area contributed by atoms with E-state index >= 15 is 0 Å². The molecule has 204 valence electrons. The highest BCUT2D eigenvalue weighted by Gasteiger charge is 2.51. The number of amides is 1. The molecule has 1 aliphatic heterocycles. The van der Waals surface area contributed by atoms with Crippen LogP contribution in [0, 0.1) is 5.92 Å². The molecule has 3 rings (SSSR count). The number of hydrogen-bond donors (Lipinski definition) is 2. The average Bonchev–Trinajstić information content (AvgIpc) is 3.17. The quantitative estimate of drug-likeness (QED) is 0.486. The second kappa shape index (κ2) is 10.4. The number of aryl methyl sites for hydroxylation is 1. The highest BCUT2D eigenvalue weighted by molar-refractivity contribution is 7.93. The number of rotatable bonds is 8. The van der Waals surface area contributed by atoms with Crippen LogP contribution in [0.15, 0.2) is 23.4 Å². The van der Waals surface area contributed by atoms with Gasteiger partial charge in [-0.25, -0.2) is 13.2 Å². The molecule has 1 atom stereocenters. The number of carboxylic acids is 1. The van der Waals surface area contributed by atoms with E-state index in [0.29, 0.717) is 26.1 Å². The van der Waals surface area contributed by atoms with Crippen LogP contribution < -0.4 is 9.62 Å². The molecule has 3 heterocycles. The third-order valence-corrected chi connectivity index (χ3v) is 7.92. The molecule has 0 bridgehead atoms. The van der Waals surface area contributed by atoms with Crippen molar-refractivity contribution in [3.63, 3.8) is 0 Å². The Labute approximate surface area is 215 Å². The Morgan fingerprint density at radius 3 is 2.57 bits per heavy atom. The lowest BCUT2D eigenvalue weighted by Gasteiger charge is -2.34. The Balaban J connectivity index is 1.98. The standard InChI is InChI=1S/C21H25ClF3N5O6S/c1-4-29-11-16(18(22)28-29)37(34,35)30-10-12(5-6-17(31)32)7-14-15(30)8-13(9-26-14)27-19(33)36-20(2,3)21(23,24)25/h8-9,11-12H,4-7,10H2,1-3H3,(H,27,33)(H,31,32). The molecule has 2 aromatic rings. The molecule has 0 aromatic carbocycles. The molecule has 0 saturated carbocycles. The first-order chi connectivity index (χ1) is 17.0. The van der Waals surface area contributed by atoms with Gasteiger partial charge in [-0.1, -0.05) is 11.6 Å². The molecule has 11 nitrogen and oxygen atoms in total. The van der Waals surface area contributed by atoms with Crippen molar-refractivity contribution in [2.24, 2.45) is 5.92 Å². The SMILES string of the molecule is CCn1cc(S(=O)(=O)N2CC(CCC(=O)O)Cc3ncc(NC(=O)OC(C)(C)C(F)(F)F)cc32)c(Cl)n1. The molecule has 0 fully saturated rings. The monoisotopic (exact) mass is 567 g/mol. The van der Waals surface area contributed by atoms with Crippen LogP contribution in [-0.4, -0.2) is 58.7 Å². The molecule has 37 heavy (non-hydrogen) atoms. The lowest BCUT2D eigenvalue weighted by atomic mass is 9.93. The Kier molecular flexibility index (Phi) is 7.98. The smallest absolute Gasteiger partial charge is 0.427 e. The van der Waals surface area contributed by atoms with E-state index < -0.39 is 39.8 Å². The highest BCUT2D eigenvalue weighted by Crippen LogP contribution is 2.38. The Bertz CT molecular complexity index is 1300. The molecular formula is C21H25ClF3N5O6S. The van der Waals surface area contributed by atoms with Crippen molar-refractivity contribution in [1.29, 1.82) is 0 Å². The maximum Gasteiger partial charge on any atom is 0.427 e. The lowest BCUT2D eigenvalue weighted by molar-refractivity contribution is -0.242.